The van der Waals surface area contributed by atoms with E-state index < -0.39 is 0 Å². The molecule has 0 aliphatic carbocycles. The largest absolute Gasteiger partial charge is 0.324 e. The zero-order valence-corrected chi connectivity index (χ0v) is 18.0. The van der Waals surface area contributed by atoms with Crippen molar-refractivity contribution in [2.75, 3.05) is 32.1 Å². The topological polar surface area (TPSA) is 35.6 Å². The third-order valence-corrected chi connectivity index (χ3v) is 5.49. The van der Waals surface area contributed by atoms with Crippen LogP contribution < -0.4 is 10.2 Å². The molecule has 0 radical (unpaired) electrons. The van der Waals surface area contributed by atoms with Crippen LogP contribution in [0.2, 0.25) is 15.1 Å². The van der Waals surface area contributed by atoms with E-state index in [0.29, 0.717) is 20.8 Å². The van der Waals surface area contributed by atoms with E-state index in [-0.39, 0.29) is 30.4 Å². The van der Waals surface area contributed by atoms with Crippen molar-refractivity contribution < 1.29 is 4.79 Å². The lowest BCUT2D eigenvalue weighted by Gasteiger charge is -2.32. The van der Waals surface area contributed by atoms with Crippen LogP contribution in [0.4, 0.5) is 10.5 Å². The lowest BCUT2D eigenvalue weighted by atomic mass is 9.93. The molecule has 1 heterocycles. The molecule has 8 heteroatoms. The molecule has 2 aromatic rings. The predicted octanol–water partition coefficient (Wildman–Crippen LogP) is 5.31. The number of urea groups is 1. The van der Waals surface area contributed by atoms with E-state index in [9.17, 15) is 4.79 Å². The second-order valence-corrected chi connectivity index (χ2v) is 7.77. The Balaban J connectivity index is 0.00000261. The van der Waals surface area contributed by atoms with Gasteiger partial charge in [0, 0.05) is 53.9 Å². The lowest BCUT2D eigenvalue weighted by Crippen LogP contribution is -2.47. The van der Waals surface area contributed by atoms with Crippen molar-refractivity contribution in [2.24, 2.45) is 0 Å². The van der Waals surface area contributed by atoms with Crippen molar-refractivity contribution in [1.29, 1.82) is 0 Å². The summed E-state index contributed by atoms with van der Waals surface area (Å²) in [4.78, 5) is 16.3. The Kier molecular flexibility index (Phi) is 7.66. The smallest absolute Gasteiger partial charge is 0.322 e. The molecule has 4 nitrogen and oxygen atoms in total. The van der Waals surface area contributed by atoms with Crippen molar-refractivity contribution >= 4 is 58.9 Å². The molecule has 1 aliphatic rings. The molecule has 1 fully saturated rings. The highest BCUT2D eigenvalue weighted by Crippen LogP contribution is 2.29. The van der Waals surface area contributed by atoms with Crippen LogP contribution in [0.25, 0.3) is 0 Å². The maximum absolute atomic E-state index is 13.0. The molecule has 2 aromatic carbocycles. The first-order valence-electron chi connectivity index (χ1n) is 8.29. The predicted molar refractivity (Wildman–Crippen MR) is 116 cm³/mol. The van der Waals surface area contributed by atoms with Crippen LogP contribution in [-0.2, 0) is 0 Å². The number of carbonyl (C=O) groups excluding carboxylic acids is 1. The van der Waals surface area contributed by atoms with Crippen LogP contribution in [0.1, 0.15) is 11.5 Å². The standard InChI is InChI=1S/C19H20Cl3N3O.ClH/c1-24(16-8-14(21)7-15(22)9-16)19(26)25(2)18-11-23-10-17(18)12-3-5-13(20)6-4-12;/h3-9,17-18,23H,10-11H2,1-2H3;1H/t17-,18+;/m0./s1. The highest BCUT2D eigenvalue weighted by Gasteiger charge is 2.35. The maximum atomic E-state index is 13.0. The van der Waals surface area contributed by atoms with Gasteiger partial charge < -0.3 is 10.2 Å². The van der Waals surface area contributed by atoms with E-state index >= 15 is 0 Å². The van der Waals surface area contributed by atoms with Gasteiger partial charge in [0.2, 0.25) is 0 Å². The Morgan fingerprint density at radius 3 is 2.15 bits per heavy atom. The molecule has 1 saturated heterocycles. The molecule has 1 aliphatic heterocycles. The van der Waals surface area contributed by atoms with E-state index in [1.165, 1.54) is 0 Å². The molecular formula is C19H21Cl4N3O. The summed E-state index contributed by atoms with van der Waals surface area (Å²) in [6, 6.07) is 12.8. The summed E-state index contributed by atoms with van der Waals surface area (Å²) in [7, 11) is 3.55. The van der Waals surface area contributed by atoms with Crippen molar-refractivity contribution in [3.8, 4) is 0 Å². The zero-order chi connectivity index (χ0) is 18.8. The van der Waals surface area contributed by atoms with Gasteiger partial charge in [0.25, 0.3) is 0 Å². The number of nitrogens with one attached hydrogen (secondary N) is 1. The number of amides is 2. The second-order valence-electron chi connectivity index (χ2n) is 6.46. The average molecular weight is 449 g/mol. The number of hydrogen-bond donors (Lipinski definition) is 1. The maximum Gasteiger partial charge on any atom is 0.324 e. The third-order valence-electron chi connectivity index (χ3n) is 4.80. The number of likely N-dealkylation sites (N-methyl/N-ethyl adjacent to an activating group) is 1. The Morgan fingerprint density at radius 1 is 0.963 bits per heavy atom. The number of anilines is 1. The molecular weight excluding hydrogens is 428 g/mol. The summed E-state index contributed by atoms with van der Waals surface area (Å²) in [5, 5.41) is 5.08. The van der Waals surface area contributed by atoms with Gasteiger partial charge in [-0.15, -0.1) is 12.4 Å². The molecule has 27 heavy (non-hydrogen) atoms. The normalized spacial score (nSPS) is 18.7. The molecule has 0 spiro atoms. The number of rotatable bonds is 3. The first-order valence-corrected chi connectivity index (χ1v) is 9.43. The van der Waals surface area contributed by atoms with Gasteiger partial charge in [0.15, 0.2) is 0 Å². The van der Waals surface area contributed by atoms with Crippen LogP contribution in [-0.4, -0.2) is 44.2 Å². The second kappa shape index (κ2) is 9.35. The average Bonchev–Trinajstić information content (AvgIpc) is 3.09. The zero-order valence-electron chi connectivity index (χ0n) is 15.0. The lowest BCUT2D eigenvalue weighted by molar-refractivity contribution is 0.197. The van der Waals surface area contributed by atoms with Gasteiger partial charge in [0.05, 0.1) is 6.04 Å². The van der Waals surface area contributed by atoms with Crippen molar-refractivity contribution in [3.05, 3.63) is 63.1 Å². The quantitative estimate of drug-likeness (QED) is 0.690. The van der Waals surface area contributed by atoms with Crippen molar-refractivity contribution in [3.63, 3.8) is 0 Å². The summed E-state index contributed by atoms with van der Waals surface area (Å²) >= 11 is 18.1. The highest BCUT2D eigenvalue weighted by atomic mass is 35.5. The fourth-order valence-electron chi connectivity index (χ4n) is 3.34. The summed E-state index contributed by atoms with van der Waals surface area (Å²) in [6.07, 6.45) is 0. The molecule has 2 atom stereocenters. The van der Waals surface area contributed by atoms with Crippen LogP contribution in [0, 0.1) is 0 Å². The summed E-state index contributed by atoms with van der Waals surface area (Å²) in [5.41, 5.74) is 1.82. The van der Waals surface area contributed by atoms with Gasteiger partial charge in [-0.1, -0.05) is 46.9 Å². The van der Waals surface area contributed by atoms with E-state index in [0.717, 1.165) is 18.7 Å². The Hall–Kier alpha value is -1.17. The van der Waals surface area contributed by atoms with Crippen LogP contribution in [0.5, 0.6) is 0 Å². The SMILES string of the molecule is CN(C(=O)N(C)[C@@H]1CNC[C@H]1c1ccc(Cl)cc1)c1cc(Cl)cc(Cl)c1.Cl. The Bertz CT molecular complexity index is 780. The number of halogens is 4. The summed E-state index contributed by atoms with van der Waals surface area (Å²) < 4.78 is 0. The minimum atomic E-state index is -0.115. The minimum Gasteiger partial charge on any atom is -0.322 e. The van der Waals surface area contributed by atoms with E-state index in [1.54, 1.807) is 35.0 Å². The van der Waals surface area contributed by atoms with Gasteiger partial charge in [0.1, 0.15) is 0 Å². The molecule has 1 N–H and O–H groups in total. The molecule has 0 aromatic heterocycles. The van der Waals surface area contributed by atoms with Crippen molar-refractivity contribution in [2.45, 2.75) is 12.0 Å². The Labute approximate surface area is 180 Å². The van der Waals surface area contributed by atoms with Crippen molar-refractivity contribution in [1.82, 2.24) is 10.2 Å². The highest BCUT2D eigenvalue weighted by molar-refractivity contribution is 6.35. The number of hydrogen-bond acceptors (Lipinski definition) is 2. The van der Waals surface area contributed by atoms with Crippen LogP contribution in [0.3, 0.4) is 0 Å². The number of benzene rings is 2. The molecule has 146 valence electrons. The molecule has 0 bridgehead atoms. The fourth-order valence-corrected chi connectivity index (χ4v) is 3.98. The van der Waals surface area contributed by atoms with Crippen LogP contribution >= 0.6 is 47.2 Å². The summed E-state index contributed by atoms with van der Waals surface area (Å²) in [5.74, 6) is 0.206. The number of carbonyl (C=O) groups is 1. The van der Waals surface area contributed by atoms with Gasteiger partial charge in [-0.25, -0.2) is 4.79 Å². The molecule has 0 unspecified atom stereocenters. The Morgan fingerprint density at radius 2 is 1.56 bits per heavy atom. The van der Waals surface area contributed by atoms with Crippen LogP contribution in [0.15, 0.2) is 42.5 Å². The monoisotopic (exact) mass is 447 g/mol. The van der Waals surface area contributed by atoms with E-state index in [2.05, 4.69) is 5.32 Å². The summed E-state index contributed by atoms with van der Waals surface area (Å²) in [6.45, 7) is 1.55. The minimum absolute atomic E-state index is 0. The van der Waals surface area contributed by atoms with Gasteiger partial charge in [-0.3, -0.25) is 4.90 Å². The molecule has 2 amide bonds. The van der Waals surface area contributed by atoms with E-state index in [4.69, 9.17) is 34.8 Å². The first kappa shape index (κ1) is 22.1. The van der Waals surface area contributed by atoms with Gasteiger partial charge in [-0.05, 0) is 35.9 Å². The molecule has 3 rings (SSSR count). The van der Waals surface area contributed by atoms with Gasteiger partial charge in [-0.2, -0.15) is 0 Å². The van der Waals surface area contributed by atoms with E-state index in [1.807, 2.05) is 31.3 Å². The van der Waals surface area contributed by atoms with Gasteiger partial charge >= 0.3 is 6.03 Å². The fraction of sp³-hybridized carbons (Fsp3) is 0.316. The first-order chi connectivity index (χ1) is 12.4. The number of nitrogens with zero attached hydrogens (tertiary/aromatic N) is 2. The molecule has 0 saturated carbocycles. The third kappa shape index (κ3) is 5.01.